The van der Waals surface area contributed by atoms with Crippen LogP contribution in [0.15, 0.2) is 23.1 Å². The molecule has 0 aliphatic rings. The summed E-state index contributed by atoms with van der Waals surface area (Å²) in [5.41, 5.74) is -0.758. The van der Waals surface area contributed by atoms with Gasteiger partial charge in [0, 0.05) is 0 Å². The van der Waals surface area contributed by atoms with Crippen LogP contribution in [0.25, 0.3) is 0 Å². The molecule has 0 radical (unpaired) electrons. The highest BCUT2D eigenvalue weighted by molar-refractivity contribution is 7.89. The molecule has 0 aliphatic heterocycles. The molecule has 16 heavy (non-hydrogen) atoms. The predicted molar refractivity (Wildman–Crippen MR) is 57.8 cm³/mol. The van der Waals surface area contributed by atoms with Gasteiger partial charge >= 0.3 is 0 Å². The Balaban J connectivity index is 3.53. The van der Waals surface area contributed by atoms with Crippen molar-refractivity contribution in [1.29, 1.82) is 5.26 Å². The van der Waals surface area contributed by atoms with Gasteiger partial charge in [0.15, 0.2) is 0 Å². The SMILES string of the molecule is CC(C)(O)c1cc(C#N)cc(S(N)(=O)=O)c1. The van der Waals surface area contributed by atoms with Gasteiger partial charge in [0.25, 0.3) is 0 Å². The van der Waals surface area contributed by atoms with Gasteiger partial charge in [-0.3, -0.25) is 0 Å². The molecule has 0 aliphatic carbocycles. The van der Waals surface area contributed by atoms with E-state index in [-0.39, 0.29) is 10.5 Å². The zero-order valence-corrected chi connectivity index (χ0v) is 9.75. The molecule has 0 saturated heterocycles. The van der Waals surface area contributed by atoms with Crippen LogP contribution >= 0.6 is 0 Å². The molecule has 0 bridgehead atoms. The van der Waals surface area contributed by atoms with E-state index in [1.54, 1.807) is 0 Å². The number of nitrogens with two attached hydrogens (primary N) is 1. The van der Waals surface area contributed by atoms with Crippen LogP contribution in [0, 0.1) is 11.3 Å². The van der Waals surface area contributed by atoms with Gasteiger partial charge in [0.1, 0.15) is 0 Å². The van der Waals surface area contributed by atoms with Crippen LogP contribution in [0.2, 0.25) is 0 Å². The van der Waals surface area contributed by atoms with Crippen molar-refractivity contribution < 1.29 is 13.5 Å². The standard InChI is InChI=1S/C10H12N2O3S/c1-10(2,13)8-3-7(6-11)4-9(5-8)16(12,14)15/h3-5,13H,1-2H3,(H2,12,14,15). The van der Waals surface area contributed by atoms with Crippen LogP contribution in [0.4, 0.5) is 0 Å². The number of hydrogen-bond acceptors (Lipinski definition) is 4. The zero-order chi connectivity index (χ0) is 12.6. The number of nitrogens with zero attached hydrogens (tertiary/aromatic N) is 1. The molecule has 3 N–H and O–H groups in total. The van der Waals surface area contributed by atoms with Gasteiger partial charge in [-0.25, -0.2) is 13.6 Å². The summed E-state index contributed by atoms with van der Waals surface area (Å²) in [6.45, 7) is 2.99. The second-order valence-electron chi connectivity index (χ2n) is 3.96. The molecule has 1 aromatic rings. The second kappa shape index (κ2) is 3.87. The van der Waals surface area contributed by atoms with Gasteiger partial charge < -0.3 is 5.11 Å². The molecule has 0 amide bonds. The molecule has 0 aromatic heterocycles. The maximum atomic E-state index is 11.2. The van der Waals surface area contributed by atoms with Crippen LogP contribution < -0.4 is 5.14 Å². The molecule has 0 spiro atoms. The third-order valence-corrected chi connectivity index (χ3v) is 2.96. The summed E-state index contributed by atoms with van der Waals surface area (Å²) in [5.74, 6) is 0. The Kier molecular flexibility index (Phi) is 3.06. The summed E-state index contributed by atoms with van der Waals surface area (Å²) < 4.78 is 22.3. The molecule has 5 nitrogen and oxygen atoms in total. The minimum Gasteiger partial charge on any atom is -0.386 e. The molecule has 0 fully saturated rings. The van der Waals surface area contributed by atoms with Crippen LogP contribution in [-0.4, -0.2) is 13.5 Å². The lowest BCUT2D eigenvalue weighted by Gasteiger charge is -2.18. The molecule has 1 rings (SSSR count). The van der Waals surface area contributed by atoms with Gasteiger partial charge in [0.2, 0.25) is 10.0 Å². The lowest BCUT2D eigenvalue weighted by molar-refractivity contribution is 0.0783. The average molecular weight is 240 g/mol. The molecule has 1 aromatic carbocycles. The fourth-order valence-corrected chi connectivity index (χ4v) is 1.76. The fourth-order valence-electron chi connectivity index (χ4n) is 1.18. The predicted octanol–water partition coefficient (Wildman–Crippen LogP) is 0.433. The van der Waals surface area contributed by atoms with E-state index in [0.717, 1.165) is 0 Å². The van der Waals surface area contributed by atoms with Gasteiger partial charge in [-0.05, 0) is 37.6 Å². The summed E-state index contributed by atoms with van der Waals surface area (Å²) in [5, 5.41) is 23.5. The smallest absolute Gasteiger partial charge is 0.238 e. The van der Waals surface area contributed by atoms with E-state index in [1.807, 2.05) is 6.07 Å². The number of sulfonamides is 1. The highest BCUT2D eigenvalue weighted by Crippen LogP contribution is 2.23. The van der Waals surface area contributed by atoms with Crippen molar-refractivity contribution in [3.8, 4) is 6.07 Å². The molecular weight excluding hydrogens is 228 g/mol. The van der Waals surface area contributed by atoms with E-state index in [1.165, 1.54) is 32.0 Å². The number of primary sulfonamides is 1. The van der Waals surface area contributed by atoms with Gasteiger partial charge in [0.05, 0.1) is 22.1 Å². The lowest BCUT2D eigenvalue weighted by atomic mass is 9.97. The first-order valence-electron chi connectivity index (χ1n) is 4.45. The molecule has 86 valence electrons. The topological polar surface area (TPSA) is 104 Å². The first-order valence-corrected chi connectivity index (χ1v) is 6.00. The highest BCUT2D eigenvalue weighted by atomic mass is 32.2. The van der Waals surface area contributed by atoms with Crippen molar-refractivity contribution in [3.63, 3.8) is 0 Å². The molecule has 0 unspecified atom stereocenters. The Morgan fingerprint density at radius 3 is 2.31 bits per heavy atom. The molecule has 0 atom stereocenters. The average Bonchev–Trinajstić information content (AvgIpc) is 2.14. The van der Waals surface area contributed by atoms with Crippen LogP contribution in [0.1, 0.15) is 25.0 Å². The summed E-state index contributed by atoms with van der Waals surface area (Å²) in [4.78, 5) is -0.177. The Hall–Kier alpha value is -1.42. The summed E-state index contributed by atoms with van der Waals surface area (Å²) in [6.07, 6.45) is 0. The van der Waals surface area contributed by atoms with E-state index in [9.17, 15) is 13.5 Å². The van der Waals surface area contributed by atoms with Crippen LogP contribution in [0.3, 0.4) is 0 Å². The summed E-state index contributed by atoms with van der Waals surface area (Å²) in [7, 11) is -3.88. The Morgan fingerprint density at radius 1 is 1.38 bits per heavy atom. The van der Waals surface area contributed by atoms with Crippen LogP contribution in [-0.2, 0) is 15.6 Å². The van der Waals surface area contributed by atoms with Crippen molar-refractivity contribution in [1.82, 2.24) is 0 Å². The quantitative estimate of drug-likeness (QED) is 0.782. The van der Waals surface area contributed by atoms with E-state index in [4.69, 9.17) is 10.4 Å². The van der Waals surface area contributed by atoms with Gasteiger partial charge in [-0.1, -0.05) is 0 Å². The third-order valence-electron chi connectivity index (χ3n) is 2.07. The minimum atomic E-state index is -3.88. The molecule has 6 heteroatoms. The van der Waals surface area contributed by atoms with Crippen molar-refractivity contribution >= 4 is 10.0 Å². The van der Waals surface area contributed by atoms with Crippen molar-refractivity contribution in [2.75, 3.05) is 0 Å². The Labute approximate surface area is 94.2 Å². The first kappa shape index (κ1) is 12.6. The number of benzene rings is 1. The lowest BCUT2D eigenvalue weighted by Crippen LogP contribution is -2.18. The fraction of sp³-hybridized carbons (Fsp3) is 0.300. The third kappa shape index (κ3) is 2.79. The number of nitriles is 1. The van der Waals surface area contributed by atoms with E-state index in [2.05, 4.69) is 0 Å². The zero-order valence-electron chi connectivity index (χ0n) is 8.93. The monoisotopic (exact) mass is 240 g/mol. The first-order chi connectivity index (χ1) is 7.14. The molecular formula is C10H12N2O3S. The van der Waals surface area contributed by atoms with Crippen LogP contribution in [0.5, 0.6) is 0 Å². The summed E-state index contributed by atoms with van der Waals surface area (Å²) in [6, 6.07) is 5.68. The highest BCUT2D eigenvalue weighted by Gasteiger charge is 2.20. The maximum Gasteiger partial charge on any atom is 0.238 e. The normalized spacial score (nSPS) is 12.2. The minimum absolute atomic E-state index is 0.142. The van der Waals surface area contributed by atoms with Crippen molar-refractivity contribution in [3.05, 3.63) is 29.3 Å². The summed E-state index contributed by atoms with van der Waals surface area (Å²) >= 11 is 0. The largest absolute Gasteiger partial charge is 0.386 e. The van der Waals surface area contributed by atoms with E-state index >= 15 is 0 Å². The number of hydrogen-bond donors (Lipinski definition) is 2. The van der Waals surface area contributed by atoms with Crippen molar-refractivity contribution in [2.45, 2.75) is 24.3 Å². The molecule has 0 saturated carbocycles. The van der Waals surface area contributed by atoms with Gasteiger partial charge in [-0.15, -0.1) is 0 Å². The number of rotatable bonds is 2. The van der Waals surface area contributed by atoms with Crippen molar-refractivity contribution in [2.24, 2.45) is 5.14 Å². The van der Waals surface area contributed by atoms with E-state index in [0.29, 0.717) is 5.56 Å². The van der Waals surface area contributed by atoms with E-state index < -0.39 is 15.6 Å². The Bertz CT molecular complexity index is 550. The number of aliphatic hydroxyl groups is 1. The molecule has 0 heterocycles. The maximum absolute atomic E-state index is 11.2. The Morgan fingerprint density at radius 2 is 1.94 bits per heavy atom. The van der Waals surface area contributed by atoms with Gasteiger partial charge in [-0.2, -0.15) is 5.26 Å². The second-order valence-corrected chi connectivity index (χ2v) is 5.52.